The minimum atomic E-state index is -0.279. The third-order valence-electron chi connectivity index (χ3n) is 2.76. The number of aryl methyl sites for hydroxylation is 1. The highest BCUT2D eigenvalue weighted by Crippen LogP contribution is 2.25. The Morgan fingerprint density at radius 2 is 1.89 bits per heavy atom. The molecule has 0 atom stereocenters. The van der Waals surface area contributed by atoms with E-state index in [9.17, 15) is 4.39 Å². The van der Waals surface area contributed by atoms with E-state index in [1.165, 1.54) is 12.1 Å². The van der Waals surface area contributed by atoms with Gasteiger partial charge in [-0.25, -0.2) is 14.4 Å². The topological polar surface area (TPSA) is 51.8 Å². The summed E-state index contributed by atoms with van der Waals surface area (Å²) in [4.78, 5) is 8.63. The van der Waals surface area contributed by atoms with Crippen molar-refractivity contribution in [2.45, 2.75) is 26.7 Å². The summed E-state index contributed by atoms with van der Waals surface area (Å²) in [6.07, 6.45) is 0. The first-order valence-electron chi connectivity index (χ1n) is 5.88. The highest BCUT2D eigenvalue weighted by Gasteiger charge is 2.10. The number of nitrogens with zero attached hydrogens (tertiary/aromatic N) is 2. The van der Waals surface area contributed by atoms with E-state index in [0.717, 1.165) is 11.1 Å². The lowest BCUT2D eigenvalue weighted by Crippen LogP contribution is -2.03. The van der Waals surface area contributed by atoms with Crippen molar-refractivity contribution in [3.63, 3.8) is 0 Å². The van der Waals surface area contributed by atoms with Crippen LogP contribution in [-0.2, 0) is 0 Å². The molecule has 0 saturated carbocycles. The third kappa shape index (κ3) is 2.47. The number of nitrogen functional groups attached to an aromatic ring is 1. The summed E-state index contributed by atoms with van der Waals surface area (Å²) in [7, 11) is 0. The second kappa shape index (κ2) is 4.72. The molecule has 2 N–H and O–H groups in total. The summed E-state index contributed by atoms with van der Waals surface area (Å²) in [5.74, 6) is 0.987. The van der Waals surface area contributed by atoms with Crippen LogP contribution in [0.25, 0.3) is 11.3 Å². The summed E-state index contributed by atoms with van der Waals surface area (Å²) in [6, 6.07) is 6.32. The van der Waals surface area contributed by atoms with E-state index in [2.05, 4.69) is 9.97 Å². The van der Waals surface area contributed by atoms with Crippen molar-refractivity contribution in [2.24, 2.45) is 0 Å². The third-order valence-corrected chi connectivity index (χ3v) is 2.76. The van der Waals surface area contributed by atoms with Crippen LogP contribution in [0.15, 0.2) is 24.3 Å². The molecule has 3 nitrogen and oxygen atoms in total. The summed E-state index contributed by atoms with van der Waals surface area (Å²) in [5.41, 5.74) is 8.17. The zero-order chi connectivity index (χ0) is 13.3. The largest absolute Gasteiger partial charge is 0.384 e. The van der Waals surface area contributed by atoms with Gasteiger partial charge in [0.1, 0.15) is 17.5 Å². The molecule has 18 heavy (non-hydrogen) atoms. The number of hydrogen-bond acceptors (Lipinski definition) is 3. The van der Waals surface area contributed by atoms with Gasteiger partial charge in [0, 0.05) is 17.5 Å². The molecule has 0 saturated heterocycles. The molecule has 0 aliphatic heterocycles. The molecule has 1 aromatic heterocycles. The first-order valence-corrected chi connectivity index (χ1v) is 5.88. The number of rotatable bonds is 2. The van der Waals surface area contributed by atoms with Crippen molar-refractivity contribution >= 4 is 5.82 Å². The fraction of sp³-hybridized carbons (Fsp3) is 0.286. The average Bonchev–Trinajstić information content (AvgIpc) is 2.31. The smallest absolute Gasteiger partial charge is 0.133 e. The number of halogens is 1. The molecular formula is C14H16FN3. The molecule has 0 radical (unpaired) electrons. The molecule has 0 fully saturated rings. The maximum Gasteiger partial charge on any atom is 0.133 e. The maximum atomic E-state index is 13.3. The lowest BCUT2D eigenvalue weighted by Gasteiger charge is -2.10. The molecule has 1 aromatic carbocycles. The van der Waals surface area contributed by atoms with E-state index in [1.54, 1.807) is 12.1 Å². The van der Waals surface area contributed by atoms with Gasteiger partial charge in [0.15, 0.2) is 0 Å². The highest BCUT2D eigenvalue weighted by molar-refractivity contribution is 5.65. The lowest BCUT2D eigenvalue weighted by molar-refractivity contribution is 0.628. The minimum Gasteiger partial charge on any atom is -0.384 e. The quantitative estimate of drug-likeness (QED) is 0.883. The van der Waals surface area contributed by atoms with Crippen LogP contribution in [-0.4, -0.2) is 9.97 Å². The van der Waals surface area contributed by atoms with Gasteiger partial charge in [-0.15, -0.1) is 0 Å². The molecule has 0 aliphatic rings. The Bertz CT molecular complexity index is 579. The Balaban J connectivity index is 2.60. The zero-order valence-electron chi connectivity index (χ0n) is 10.7. The van der Waals surface area contributed by atoms with Gasteiger partial charge in [0.25, 0.3) is 0 Å². The molecule has 0 aliphatic carbocycles. The molecule has 2 aromatic rings. The SMILES string of the molecule is Cc1ccc(F)cc1-c1cc(N)nc(C(C)C)n1. The number of hydrogen-bond donors (Lipinski definition) is 1. The van der Waals surface area contributed by atoms with E-state index in [4.69, 9.17) is 5.73 Å². The van der Waals surface area contributed by atoms with Crippen LogP contribution in [0.1, 0.15) is 31.2 Å². The van der Waals surface area contributed by atoms with E-state index in [0.29, 0.717) is 17.3 Å². The molecular weight excluding hydrogens is 229 g/mol. The first-order chi connectivity index (χ1) is 8.47. The van der Waals surface area contributed by atoms with E-state index in [1.807, 2.05) is 20.8 Å². The minimum absolute atomic E-state index is 0.182. The predicted molar refractivity (Wildman–Crippen MR) is 70.7 cm³/mol. The van der Waals surface area contributed by atoms with Gasteiger partial charge in [-0.2, -0.15) is 0 Å². The second-order valence-corrected chi connectivity index (χ2v) is 4.65. The van der Waals surface area contributed by atoms with Crippen molar-refractivity contribution in [3.05, 3.63) is 41.5 Å². The van der Waals surface area contributed by atoms with Crippen molar-refractivity contribution in [3.8, 4) is 11.3 Å². The number of nitrogens with two attached hydrogens (primary N) is 1. The molecule has 0 amide bonds. The second-order valence-electron chi connectivity index (χ2n) is 4.65. The van der Waals surface area contributed by atoms with Crippen molar-refractivity contribution in [2.75, 3.05) is 5.73 Å². The summed E-state index contributed by atoms with van der Waals surface area (Å²) >= 11 is 0. The Labute approximate surface area is 106 Å². The van der Waals surface area contributed by atoms with Crippen LogP contribution >= 0.6 is 0 Å². The molecule has 0 bridgehead atoms. The van der Waals surface area contributed by atoms with Gasteiger partial charge in [-0.3, -0.25) is 0 Å². The Hall–Kier alpha value is -1.97. The van der Waals surface area contributed by atoms with Crippen LogP contribution in [0.2, 0.25) is 0 Å². The predicted octanol–water partition coefficient (Wildman–Crippen LogP) is 3.30. The molecule has 94 valence electrons. The van der Waals surface area contributed by atoms with Gasteiger partial charge >= 0.3 is 0 Å². The summed E-state index contributed by atoms with van der Waals surface area (Å²) in [5, 5.41) is 0. The van der Waals surface area contributed by atoms with Crippen LogP contribution in [0, 0.1) is 12.7 Å². The average molecular weight is 245 g/mol. The van der Waals surface area contributed by atoms with Crippen molar-refractivity contribution < 1.29 is 4.39 Å². The van der Waals surface area contributed by atoms with E-state index in [-0.39, 0.29) is 11.7 Å². The molecule has 0 spiro atoms. The van der Waals surface area contributed by atoms with Crippen molar-refractivity contribution in [1.29, 1.82) is 0 Å². The lowest BCUT2D eigenvalue weighted by atomic mass is 10.0. The number of anilines is 1. The van der Waals surface area contributed by atoms with E-state index < -0.39 is 0 Å². The van der Waals surface area contributed by atoms with Crippen LogP contribution in [0.3, 0.4) is 0 Å². The number of benzene rings is 1. The van der Waals surface area contributed by atoms with Gasteiger partial charge in [0.2, 0.25) is 0 Å². The summed E-state index contributed by atoms with van der Waals surface area (Å²) < 4.78 is 13.3. The molecule has 4 heteroatoms. The van der Waals surface area contributed by atoms with E-state index >= 15 is 0 Å². The highest BCUT2D eigenvalue weighted by atomic mass is 19.1. The van der Waals surface area contributed by atoms with Gasteiger partial charge < -0.3 is 5.73 Å². The van der Waals surface area contributed by atoms with Gasteiger partial charge in [-0.05, 0) is 24.6 Å². The normalized spacial score (nSPS) is 10.9. The van der Waals surface area contributed by atoms with Crippen LogP contribution < -0.4 is 5.73 Å². The standard InChI is InChI=1S/C14H16FN3/c1-8(2)14-17-12(7-13(16)18-14)11-6-10(15)5-4-9(11)3/h4-8H,1-3H3,(H2,16,17,18). The Morgan fingerprint density at radius 1 is 1.17 bits per heavy atom. The fourth-order valence-electron chi connectivity index (χ4n) is 1.75. The summed E-state index contributed by atoms with van der Waals surface area (Å²) in [6.45, 7) is 5.91. The van der Waals surface area contributed by atoms with Crippen LogP contribution in [0.4, 0.5) is 10.2 Å². The molecule has 0 unspecified atom stereocenters. The fourth-order valence-corrected chi connectivity index (χ4v) is 1.75. The molecule has 2 rings (SSSR count). The van der Waals surface area contributed by atoms with Crippen molar-refractivity contribution in [1.82, 2.24) is 9.97 Å². The monoisotopic (exact) mass is 245 g/mol. The van der Waals surface area contributed by atoms with Gasteiger partial charge in [-0.1, -0.05) is 19.9 Å². The van der Waals surface area contributed by atoms with Gasteiger partial charge in [0.05, 0.1) is 5.69 Å². The van der Waals surface area contributed by atoms with Crippen LogP contribution in [0.5, 0.6) is 0 Å². The first kappa shape index (κ1) is 12.5. The zero-order valence-corrected chi connectivity index (χ0v) is 10.7. The maximum absolute atomic E-state index is 13.3. The Kier molecular flexibility index (Phi) is 3.28. The number of aromatic nitrogens is 2. The molecule has 1 heterocycles. The Morgan fingerprint density at radius 3 is 2.56 bits per heavy atom.